The largest absolute Gasteiger partial charge is 0.352 e. The standard InChI is InChI=1S/C11H18N4O/c16-11(14-10-2-3-10)8-12-4-1-6-15-7-5-13-9-15/h5,7,9-10,12H,1-4,6,8H2,(H,14,16). The van der Waals surface area contributed by atoms with Crippen molar-refractivity contribution in [2.24, 2.45) is 0 Å². The summed E-state index contributed by atoms with van der Waals surface area (Å²) in [7, 11) is 0. The van der Waals surface area contributed by atoms with E-state index in [1.54, 1.807) is 12.5 Å². The summed E-state index contributed by atoms with van der Waals surface area (Å²) in [5.41, 5.74) is 0. The molecule has 2 rings (SSSR count). The number of amides is 1. The third kappa shape index (κ3) is 4.02. The Morgan fingerprint density at radius 3 is 3.06 bits per heavy atom. The monoisotopic (exact) mass is 222 g/mol. The lowest BCUT2D eigenvalue weighted by molar-refractivity contribution is -0.120. The molecule has 0 atom stereocenters. The van der Waals surface area contributed by atoms with Gasteiger partial charge in [0.15, 0.2) is 0 Å². The number of carbonyl (C=O) groups is 1. The topological polar surface area (TPSA) is 59.0 Å². The molecule has 1 aromatic heterocycles. The Kier molecular flexibility index (Phi) is 3.93. The van der Waals surface area contributed by atoms with Crippen LogP contribution in [0.15, 0.2) is 18.7 Å². The van der Waals surface area contributed by atoms with E-state index in [9.17, 15) is 4.79 Å². The zero-order valence-corrected chi connectivity index (χ0v) is 9.35. The van der Waals surface area contributed by atoms with Gasteiger partial charge in [0.1, 0.15) is 0 Å². The molecule has 1 amide bonds. The van der Waals surface area contributed by atoms with E-state index in [1.165, 1.54) is 0 Å². The van der Waals surface area contributed by atoms with Crippen LogP contribution < -0.4 is 10.6 Å². The second-order valence-corrected chi connectivity index (χ2v) is 4.17. The molecule has 2 N–H and O–H groups in total. The van der Waals surface area contributed by atoms with Crippen molar-refractivity contribution in [3.8, 4) is 0 Å². The normalized spacial score (nSPS) is 15.0. The fourth-order valence-corrected chi connectivity index (χ4v) is 1.51. The van der Waals surface area contributed by atoms with Gasteiger partial charge in [-0.05, 0) is 25.8 Å². The molecule has 0 saturated heterocycles. The fraction of sp³-hybridized carbons (Fsp3) is 0.636. The summed E-state index contributed by atoms with van der Waals surface area (Å²) in [6.07, 6.45) is 8.82. The van der Waals surface area contributed by atoms with Gasteiger partial charge in [-0.15, -0.1) is 0 Å². The molecule has 0 unspecified atom stereocenters. The highest BCUT2D eigenvalue weighted by molar-refractivity contribution is 5.78. The first-order valence-electron chi connectivity index (χ1n) is 5.80. The molecule has 0 radical (unpaired) electrons. The molecule has 0 aromatic carbocycles. The molecule has 1 aliphatic rings. The lowest BCUT2D eigenvalue weighted by atomic mass is 10.4. The quantitative estimate of drug-likeness (QED) is 0.645. The molecule has 0 aliphatic heterocycles. The Labute approximate surface area is 95.2 Å². The Bertz CT molecular complexity index is 319. The van der Waals surface area contributed by atoms with Crippen LogP contribution >= 0.6 is 0 Å². The highest BCUT2D eigenvalue weighted by Gasteiger charge is 2.22. The summed E-state index contributed by atoms with van der Waals surface area (Å²) in [5, 5.41) is 6.08. The van der Waals surface area contributed by atoms with Gasteiger partial charge in [-0.2, -0.15) is 0 Å². The second kappa shape index (κ2) is 5.65. The van der Waals surface area contributed by atoms with E-state index < -0.39 is 0 Å². The third-order valence-corrected chi connectivity index (χ3v) is 2.56. The minimum atomic E-state index is 0.116. The van der Waals surface area contributed by atoms with Crippen molar-refractivity contribution in [3.63, 3.8) is 0 Å². The molecule has 16 heavy (non-hydrogen) atoms. The Morgan fingerprint density at radius 1 is 1.50 bits per heavy atom. The molecule has 1 aliphatic carbocycles. The Hall–Kier alpha value is -1.36. The van der Waals surface area contributed by atoms with Crippen LogP contribution in [0, 0.1) is 0 Å². The fourth-order valence-electron chi connectivity index (χ4n) is 1.51. The minimum Gasteiger partial charge on any atom is -0.352 e. The van der Waals surface area contributed by atoms with Crippen LogP contribution in [0.2, 0.25) is 0 Å². The SMILES string of the molecule is O=C(CNCCCn1ccnc1)NC1CC1. The molecule has 1 fully saturated rings. The first-order valence-corrected chi connectivity index (χ1v) is 5.80. The van der Waals surface area contributed by atoms with Crippen molar-refractivity contribution in [1.82, 2.24) is 20.2 Å². The van der Waals surface area contributed by atoms with Gasteiger partial charge in [-0.1, -0.05) is 0 Å². The maximum absolute atomic E-state index is 11.3. The Balaban J connectivity index is 1.46. The molecule has 0 bridgehead atoms. The molecule has 1 aromatic rings. The number of nitrogens with one attached hydrogen (secondary N) is 2. The molecule has 5 nitrogen and oxygen atoms in total. The van der Waals surface area contributed by atoms with E-state index in [4.69, 9.17) is 0 Å². The van der Waals surface area contributed by atoms with Crippen LogP contribution in [-0.4, -0.2) is 34.6 Å². The van der Waals surface area contributed by atoms with Crippen molar-refractivity contribution in [2.45, 2.75) is 31.8 Å². The first kappa shape index (κ1) is 11.1. The lowest BCUT2D eigenvalue weighted by Crippen LogP contribution is -2.35. The predicted octanol–water partition coefficient (Wildman–Crippen LogP) is 0.141. The number of rotatable bonds is 7. The first-order chi connectivity index (χ1) is 7.84. The van der Waals surface area contributed by atoms with Gasteiger partial charge in [-0.3, -0.25) is 4.79 Å². The highest BCUT2D eigenvalue weighted by atomic mass is 16.2. The number of nitrogens with zero attached hydrogens (tertiary/aromatic N) is 2. The summed E-state index contributed by atoms with van der Waals surface area (Å²) in [4.78, 5) is 15.3. The number of hydrogen-bond donors (Lipinski definition) is 2. The smallest absolute Gasteiger partial charge is 0.234 e. The summed E-state index contributed by atoms with van der Waals surface area (Å²) in [5.74, 6) is 0.116. The van der Waals surface area contributed by atoms with Gasteiger partial charge in [-0.25, -0.2) is 4.98 Å². The number of aryl methyl sites for hydroxylation is 1. The van der Waals surface area contributed by atoms with Gasteiger partial charge >= 0.3 is 0 Å². The number of imidazole rings is 1. The zero-order chi connectivity index (χ0) is 11.2. The van der Waals surface area contributed by atoms with Crippen LogP contribution in [0.3, 0.4) is 0 Å². The maximum atomic E-state index is 11.3. The summed E-state index contributed by atoms with van der Waals surface area (Å²) in [6.45, 7) is 2.23. The van der Waals surface area contributed by atoms with Gasteiger partial charge in [0, 0.05) is 25.0 Å². The average Bonchev–Trinajstić information content (AvgIpc) is 2.93. The maximum Gasteiger partial charge on any atom is 0.234 e. The van der Waals surface area contributed by atoms with Gasteiger partial charge in [0.25, 0.3) is 0 Å². The summed E-state index contributed by atoms with van der Waals surface area (Å²) < 4.78 is 2.03. The van der Waals surface area contributed by atoms with Crippen LogP contribution in [-0.2, 0) is 11.3 Å². The lowest BCUT2D eigenvalue weighted by Gasteiger charge is -2.05. The van der Waals surface area contributed by atoms with E-state index in [-0.39, 0.29) is 5.91 Å². The van der Waals surface area contributed by atoms with Gasteiger partial charge < -0.3 is 15.2 Å². The van der Waals surface area contributed by atoms with E-state index >= 15 is 0 Å². The van der Waals surface area contributed by atoms with Crippen LogP contribution in [0.4, 0.5) is 0 Å². The van der Waals surface area contributed by atoms with Crippen molar-refractivity contribution < 1.29 is 4.79 Å². The van der Waals surface area contributed by atoms with Crippen molar-refractivity contribution in [1.29, 1.82) is 0 Å². The second-order valence-electron chi connectivity index (χ2n) is 4.17. The molecular weight excluding hydrogens is 204 g/mol. The number of aromatic nitrogens is 2. The van der Waals surface area contributed by atoms with Crippen LogP contribution in [0.25, 0.3) is 0 Å². The van der Waals surface area contributed by atoms with E-state index in [1.807, 2.05) is 10.8 Å². The van der Waals surface area contributed by atoms with Gasteiger partial charge in [0.05, 0.1) is 12.9 Å². The summed E-state index contributed by atoms with van der Waals surface area (Å²) >= 11 is 0. The summed E-state index contributed by atoms with van der Waals surface area (Å²) in [6, 6.07) is 0.459. The molecule has 0 spiro atoms. The third-order valence-electron chi connectivity index (χ3n) is 2.56. The van der Waals surface area contributed by atoms with E-state index in [0.29, 0.717) is 12.6 Å². The number of hydrogen-bond acceptors (Lipinski definition) is 3. The van der Waals surface area contributed by atoms with Crippen molar-refractivity contribution in [3.05, 3.63) is 18.7 Å². The molecule has 1 saturated carbocycles. The molecule has 88 valence electrons. The molecule has 5 heteroatoms. The average molecular weight is 222 g/mol. The van der Waals surface area contributed by atoms with E-state index in [2.05, 4.69) is 15.6 Å². The van der Waals surface area contributed by atoms with Crippen molar-refractivity contribution >= 4 is 5.91 Å². The van der Waals surface area contributed by atoms with E-state index in [0.717, 1.165) is 32.4 Å². The number of carbonyl (C=O) groups excluding carboxylic acids is 1. The predicted molar refractivity (Wildman–Crippen MR) is 60.9 cm³/mol. The highest BCUT2D eigenvalue weighted by Crippen LogP contribution is 2.18. The molecular formula is C11H18N4O. The van der Waals surface area contributed by atoms with Gasteiger partial charge in [0.2, 0.25) is 5.91 Å². The van der Waals surface area contributed by atoms with Crippen LogP contribution in [0.1, 0.15) is 19.3 Å². The minimum absolute atomic E-state index is 0.116. The zero-order valence-electron chi connectivity index (χ0n) is 9.35. The van der Waals surface area contributed by atoms with Crippen molar-refractivity contribution in [2.75, 3.05) is 13.1 Å². The van der Waals surface area contributed by atoms with Crippen LogP contribution in [0.5, 0.6) is 0 Å². The Morgan fingerprint density at radius 2 is 2.38 bits per heavy atom. The molecule has 1 heterocycles.